The molecule has 2 aliphatic rings. The molecule has 1 heterocycles. The van der Waals surface area contributed by atoms with E-state index in [0.29, 0.717) is 12.5 Å². The van der Waals surface area contributed by atoms with E-state index in [0.717, 1.165) is 38.4 Å². The first-order chi connectivity index (χ1) is 12.8. The lowest BCUT2D eigenvalue weighted by atomic mass is 10.1. The maximum Gasteiger partial charge on any atom is 0.193 e. The molecule has 0 aromatic heterocycles. The zero-order valence-corrected chi connectivity index (χ0v) is 17.8. The molecule has 1 aliphatic carbocycles. The molecule has 0 saturated carbocycles. The Kier molecular flexibility index (Phi) is 6.95. The molecular formula is C21H27IN4O. The van der Waals surface area contributed by atoms with Crippen molar-refractivity contribution in [3.63, 3.8) is 0 Å². The Morgan fingerprint density at radius 1 is 1.07 bits per heavy atom. The maximum atomic E-state index is 6.13. The summed E-state index contributed by atoms with van der Waals surface area (Å²) in [4.78, 5) is 6.92. The van der Waals surface area contributed by atoms with Crippen LogP contribution in [0.15, 0.2) is 47.5 Å². The topological polar surface area (TPSA) is 62.9 Å². The van der Waals surface area contributed by atoms with E-state index in [1.165, 1.54) is 35.2 Å². The monoisotopic (exact) mass is 478 g/mol. The Balaban J connectivity index is 0.00000210. The number of halogens is 1. The van der Waals surface area contributed by atoms with Gasteiger partial charge in [-0.1, -0.05) is 24.3 Å². The van der Waals surface area contributed by atoms with E-state index in [1.54, 1.807) is 0 Å². The molecule has 3 N–H and O–H groups in total. The predicted molar refractivity (Wildman–Crippen MR) is 122 cm³/mol. The molecule has 5 nitrogen and oxygen atoms in total. The molecule has 27 heavy (non-hydrogen) atoms. The van der Waals surface area contributed by atoms with Crippen LogP contribution in [0.4, 0.5) is 11.4 Å². The molecule has 0 spiro atoms. The van der Waals surface area contributed by atoms with Gasteiger partial charge in [0.2, 0.25) is 0 Å². The van der Waals surface area contributed by atoms with Crippen molar-refractivity contribution in [1.29, 1.82) is 0 Å². The van der Waals surface area contributed by atoms with Crippen molar-refractivity contribution in [3.8, 4) is 0 Å². The van der Waals surface area contributed by atoms with Crippen molar-refractivity contribution >= 4 is 41.3 Å². The number of rotatable bonds is 4. The second-order valence-electron chi connectivity index (χ2n) is 6.89. The van der Waals surface area contributed by atoms with Crippen molar-refractivity contribution in [2.75, 3.05) is 36.5 Å². The minimum atomic E-state index is 0. The first-order valence-electron chi connectivity index (χ1n) is 9.39. The van der Waals surface area contributed by atoms with Gasteiger partial charge in [0, 0.05) is 24.5 Å². The maximum absolute atomic E-state index is 6.13. The fourth-order valence-corrected chi connectivity index (χ4v) is 3.76. The summed E-state index contributed by atoms with van der Waals surface area (Å²) in [5.41, 5.74) is 12.5. The molecule has 6 heteroatoms. The zero-order chi connectivity index (χ0) is 17.8. The van der Waals surface area contributed by atoms with Crippen molar-refractivity contribution in [3.05, 3.63) is 59.2 Å². The van der Waals surface area contributed by atoms with Gasteiger partial charge in [-0.25, -0.2) is 4.99 Å². The zero-order valence-electron chi connectivity index (χ0n) is 15.5. The lowest BCUT2D eigenvalue weighted by Crippen LogP contribution is -2.36. The van der Waals surface area contributed by atoms with Crippen molar-refractivity contribution in [2.24, 2.45) is 10.7 Å². The van der Waals surface area contributed by atoms with Gasteiger partial charge in [-0.3, -0.25) is 0 Å². The van der Waals surface area contributed by atoms with E-state index in [-0.39, 0.29) is 24.0 Å². The van der Waals surface area contributed by atoms with Crippen LogP contribution >= 0.6 is 24.0 Å². The van der Waals surface area contributed by atoms with Gasteiger partial charge in [0.15, 0.2) is 5.96 Å². The van der Waals surface area contributed by atoms with E-state index >= 15 is 0 Å². The average Bonchev–Trinajstić information content (AvgIpc) is 3.15. The van der Waals surface area contributed by atoms with E-state index < -0.39 is 0 Å². The number of guanidine groups is 1. The number of nitrogens with zero attached hydrogens (tertiary/aromatic N) is 2. The molecule has 4 rings (SSSR count). The summed E-state index contributed by atoms with van der Waals surface area (Å²) >= 11 is 0. The van der Waals surface area contributed by atoms with Gasteiger partial charge >= 0.3 is 0 Å². The lowest BCUT2D eigenvalue weighted by molar-refractivity contribution is 0.122. The van der Waals surface area contributed by atoms with E-state index in [4.69, 9.17) is 10.5 Å². The van der Waals surface area contributed by atoms with Gasteiger partial charge in [0.05, 0.1) is 19.8 Å². The molecular weight excluding hydrogens is 451 g/mol. The van der Waals surface area contributed by atoms with E-state index in [1.807, 2.05) is 0 Å². The molecule has 0 atom stereocenters. The summed E-state index contributed by atoms with van der Waals surface area (Å²) in [5, 5.41) is 3.24. The van der Waals surface area contributed by atoms with E-state index in [2.05, 4.69) is 57.7 Å². The molecule has 1 saturated heterocycles. The molecule has 1 fully saturated rings. The number of nitrogens with one attached hydrogen (secondary N) is 1. The normalized spacial score (nSPS) is 16.6. The SMILES string of the molecule is I.NC(=NCc1ccccc1N1CCOCC1)Nc1ccc2c(c1)CCC2. The van der Waals surface area contributed by atoms with Gasteiger partial charge in [0.1, 0.15) is 0 Å². The Morgan fingerprint density at radius 3 is 2.70 bits per heavy atom. The number of para-hydroxylation sites is 1. The standard InChI is InChI=1S/C21H26N4O.HI/c22-21(24-19-9-8-16-5-3-6-17(16)14-19)23-15-18-4-1-2-7-20(18)25-10-12-26-13-11-25;/h1-2,4,7-9,14H,3,5-6,10-13,15H2,(H3,22,23,24);1H. The number of aryl methyl sites for hydroxylation is 2. The number of hydrogen-bond acceptors (Lipinski definition) is 3. The minimum absolute atomic E-state index is 0. The molecule has 0 amide bonds. The van der Waals surface area contributed by atoms with Gasteiger partial charge < -0.3 is 20.7 Å². The smallest absolute Gasteiger partial charge is 0.193 e. The lowest BCUT2D eigenvalue weighted by Gasteiger charge is -2.30. The van der Waals surface area contributed by atoms with Gasteiger partial charge in [-0.05, 0) is 54.2 Å². The third kappa shape index (κ3) is 4.93. The van der Waals surface area contributed by atoms with Crippen molar-refractivity contribution in [2.45, 2.75) is 25.8 Å². The third-order valence-corrected chi connectivity index (χ3v) is 5.13. The summed E-state index contributed by atoms with van der Waals surface area (Å²) in [6.07, 6.45) is 3.60. The molecule has 0 radical (unpaired) electrons. The van der Waals surface area contributed by atoms with Crippen LogP contribution < -0.4 is 16.0 Å². The summed E-state index contributed by atoms with van der Waals surface area (Å²) in [7, 11) is 0. The van der Waals surface area contributed by atoms with Crippen molar-refractivity contribution in [1.82, 2.24) is 0 Å². The summed E-state index contributed by atoms with van der Waals surface area (Å²) in [6.45, 7) is 3.96. The predicted octanol–water partition coefficient (Wildman–Crippen LogP) is 3.56. The third-order valence-electron chi connectivity index (χ3n) is 5.13. The highest BCUT2D eigenvalue weighted by Gasteiger charge is 2.14. The van der Waals surface area contributed by atoms with Crippen LogP contribution in [0.1, 0.15) is 23.1 Å². The number of benzene rings is 2. The largest absolute Gasteiger partial charge is 0.378 e. The summed E-state index contributed by atoms with van der Waals surface area (Å²) in [5.74, 6) is 0.458. The highest BCUT2D eigenvalue weighted by Crippen LogP contribution is 2.25. The Labute approximate surface area is 178 Å². The van der Waals surface area contributed by atoms with Gasteiger partial charge in [0.25, 0.3) is 0 Å². The second-order valence-corrected chi connectivity index (χ2v) is 6.89. The number of aliphatic imine (C=N–C) groups is 1. The number of morpholine rings is 1. The molecule has 2 aromatic carbocycles. The fraction of sp³-hybridized carbons (Fsp3) is 0.381. The first kappa shape index (κ1) is 19.9. The van der Waals surface area contributed by atoms with Crippen LogP contribution in [0.25, 0.3) is 0 Å². The molecule has 1 aliphatic heterocycles. The summed E-state index contributed by atoms with van der Waals surface area (Å²) in [6, 6.07) is 14.9. The highest BCUT2D eigenvalue weighted by molar-refractivity contribution is 14.0. The fourth-order valence-electron chi connectivity index (χ4n) is 3.76. The first-order valence-corrected chi connectivity index (χ1v) is 9.39. The minimum Gasteiger partial charge on any atom is -0.378 e. The summed E-state index contributed by atoms with van der Waals surface area (Å²) < 4.78 is 5.46. The molecule has 0 bridgehead atoms. The van der Waals surface area contributed by atoms with Crippen LogP contribution in [-0.4, -0.2) is 32.3 Å². The van der Waals surface area contributed by atoms with Crippen molar-refractivity contribution < 1.29 is 4.74 Å². The molecule has 144 valence electrons. The number of hydrogen-bond donors (Lipinski definition) is 2. The molecule has 2 aromatic rings. The van der Waals surface area contributed by atoms with Crippen LogP contribution in [0.3, 0.4) is 0 Å². The van der Waals surface area contributed by atoms with Crippen LogP contribution in [0, 0.1) is 0 Å². The van der Waals surface area contributed by atoms with Crippen LogP contribution in [0.2, 0.25) is 0 Å². The second kappa shape index (κ2) is 9.41. The quantitative estimate of drug-likeness (QED) is 0.401. The highest BCUT2D eigenvalue weighted by atomic mass is 127. The average molecular weight is 478 g/mol. The van der Waals surface area contributed by atoms with Crippen LogP contribution in [-0.2, 0) is 24.1 Å². The van der Waals surface area contributed by atoms with E-state index in [9.17, 15) is 0 Å². The Hall–Kier alpha value is -1.80. The Bertz CT molecular complexity index is 803. The van der Waals surface area contributed by atoms with Crippen LogP contribution in [0.5, 0.6) is 0 Å². The van der Waals surface area contributed by atoms with Gasteiger partial charge in [-0.2, -0.15) is 0 Å². The van der Waals surface area contributed by atoms with Gasteiger partial charge in [-0.15, -0.1) is 24.0 Å². The number of ether oxygens (including phenoxy) is 1. The Morgan fingerprint density at radius 2 is 1.85 bits per heavy atom. The number of fused-ring (bicyclic) bond motifs is 1. The number of nitrogens with two attached hydrogens (primary N) is 1. The molecule has 0 unspecified atom stereocenters. The number of anilines is 2.